The van der Waals surface area contributed by atoms with Gasteiger partial charge in [-0.15, -0.1) is 0 Å². The summed E-state index contributed by atoms with van der Waals surface area (Å²) >= 11 is 0. The maximum Gasteiger partial charge on any atom is 0.282 e. The minimum Gasteiger partial charge on any atom is -0.400 e. The lowest BCUT2D eigenvalue weighted by Crippen LogP contribution is -2.64. The first kappa shape index (κ1) is 26.3. The molecule has 0 aliphatic carbocycles. The van der Waals surface area contributed by atoms with Crippen LogP contribution in [0.4, 0.5) is 11.6 Å². The Hall–Kier alpha value is -3.31. The van der Waals surface area contributed by atoms with E-state index in [1.54, 1.807) is 16.6 Å². The number of rotatable bonds is 7. The van der Waals surface area contributed by atoms with Gasteiger partial charge in [-0.3, -0.25) is 4.98 Å². The van der Waals surface area contributed by atoms with E-state index in [1.165, 1.54) is 10.4 Å². The summed E-state index contributed by atoms with van der Waals surface area (Å²) in [6, 6.07) is 7.58. The van der Waals surface area contributed by atoms with E-state index in [-0.39, 0.29) is 55.3 Å². The second kappa shape index (κ2) is 10.5. The molecule has 13 heteroatoms. The minimum absolute atomic E-state index is 0.0670. The molecule has 2 aromatic heterocycles. The molecule has 1 unspecified atom stereocenters. The van der Waals surface area contributed by atoms with Crippen LogP contribution in [0.15, 0.2) is 41.2 Å². The molecule has 3 fully saturated rings. The molecule has 12 nitrogen and oxygen atoms in total. The standard InChI is InChI=1S/C25H33N9O3S/c1-32(25-21-6-3-7-29-22(21)11-24(31-25)30-23(28)8-17(27)15-35)20-9-18-4-2-5-19(10-20)34(18)38(36,37)33-13-16(12-26)14-33/h3,6-8,11,16,18-20,35H,2,4-5,9-10,13-15,27H2,1H3,(H2,28,30,31)/b17-8-/t18-,19+,20?. The van der Waals surface area contributed by atoms with Gasteiger partial charge >= 0.3 is 0 Å². The van der Waals surface area contributed by atoms with Crippen LogP contribution in [-0.2, 0) is 10.2 Å². The number of aliphatic imine (C=N–C) groups is 1. The molecule has 3 aliphatic heterocycles. The highest BCUT2D eigenvalue weighted by molar-refractivity contribution is 7.86. The molecule has 0 radical (unpaired) electrons. The lowest BCUT2D eigenvalue weighted by atomic mass is 9.83. The van der Waals surface area contributed by atoms with Crippen LogP contribution in [0, 0.1) is 17.2 Å². The summed E-state index contributed by atoms with van der Waals surface area (Å²) in [4.78, 5) is 15.8. The number of nitrogens with two attached hydrogens (primary N) is 2. The van der Waals surface area contributed by atoms with Gasteiger partial charge in [0.25, 0.3) is 10.2 Å². The highest BCUT2D eigenvalue weighted by atomic mass is 32.2. The molecule has 3 saturated heterocycles. The number of pyridine rings is 2. The van der Waals surface area contributed by atoms with Crippen molar-refractivity contribution in [1.82, 2.24) is 18.6 Å². The Balaban J connectivity index is 1.43. The number of aliphatic hydroxyl groups excluding tert-OH is 1. The second-order valence-electron chi connectivity index (χ2n) is 10.2. The summed E-state index contributed by atoms with van der Waals surface area (Å²) in [5.74, 6) is 0.953. The number of fused-ring (bicyclic) bond motifs is 3. The van der Waals surface area contributed by atoms with Gasteiger partial charge in [-0.25, -0.2) is 9.98 Å². The van der Waals surface area contributed by atoms with Gasteiger partial charge < -0.3 is 21.5 Å². The average Bonchev–Trinajstić information content (AvgIpc) is 2.86. The number of nitriles is 1. The third-order valence-electron chi connectivity index (χ3n) is 7.71. The van der Waals surface area contributed by atoms with Crippen molar-refractivity contribution in [2.24, 2.45) is 22.4 Å². The Morgan fingerprint density at radius 2 is 2.03 bits per heavy atom. The molecule has 38 heavy (non-hydrogen) atoms. The van der Waals surface area contributed by atoms with Crippen LogP contribution < -0.4 is 16.4 Å². The summed E-state index contributed by atoms with van der Waals surface area (Å²) in [5, 5.41) is 19.1. The van der Waals surface area contributed by atoms with Crippen LogP contribution >= 0.6 is 0 Å². The fourth-order valence-corrected chi connectivity index (χ4v) is 7.93. The van der Waals surface area contributed by atoms with Crippen LogP contribution in [0.2, 0.25) is 0 Å². The van der Waals surface area contributed by atoms with Crippen molar-refractivity contribution in [3.8, 4) is 6.07 Å². The molecule has 5 heterocycles. The van der Waals surface area contributed by atoms with Gasteiger partial charge in [-0.2, -0.15) is 22.3 Å². The minimum atomic E-state index is -3.60. The fourth-order valence-electron chi connectivity index (χ4n) is 5.79. The maximum absolute atomic E-state index is 13.5. The average molecular weight is 540 g/mol. The summed E-state index contributed by atoms with van der Waals surface area (Å²) in [6.07, 6.45) is 7.06. The predicted octanol–water partition coefficient (Wildman–Crippen LogP) is 0.975. The van der Waals surface area contributed by atoms with Crippen molar-refractivity contribution in [3.05, 3.63) is 36.2 Å². The summed E-state index contributed by atoms with van der Waals surface area (Å²) in [7, 11) is -1.62. The zero-order chi connectivity index (χ0) is 27.0. The topological polar surface area (TPSA) is 178 Å². The van der Waals surface area contributed by atoms with E-state index in [0.29, 0.717) is 30.0 Å². The Morgan fingerprint density at radius 3 is 2.68 bits per heavy atom. The summed E-state index contributed by atoms with van der Waals surface area (Å²) < 4.78 is 30.1. The van der Waals surface area contributed by atoms with E-state index < -0.39 is 10.2 Å². The number of amidine groups is 1. The van der Waals surface area contributed by atoms with Crippen LogP contribution in [0.5, 0.6) is 0 Å². The van der Waals surface area contributed by atoms with Gasteiger partial charge in [-0.1, -0.05) is 6.42 Å². The Kier molecular flexibility index (Phi) is 7.23. The molecule has 0 saturated carbocycles. The SMILES string of the molecule is CN(c1nc(N=C(N)/C=C(\N)CO)cc2ncccc12)C1C[C@H]2CCC[C@@H](C1)N2S(=O)(=O)N1CC(C#N)C1. The molecule has 5 N–H and O–H groups in total. The van der Waals surface area contributed by atoms with Gasteiger partial charge in [-0.05, 0) is 37.8 Å². The molecular formula is C25H33N9O3S. The van der Waals surface area contributed by atoms with Crippen molar-refractivity contribution in [2.45, 2.75) is 50.2 Å². The first-order valence-electron chi connectivity index (χ1n) is 12.8. The van der Waals surface area contributed by atoms with Crippen molar-refractivity contribution in [3.63, 3.8) is 0 Å². The third-order valence-corrected chi connectivity index (χ3v) is 9.79. The third kappa shape index (κ3) is 4.92. The van der Waals surface area contributed by atoms with Crippen LogP contribution in [0.25, 0.3) is 10.9 Å². The molecule has 2 aromatic rings. The molecule has 3 atom stereocenters. The van der Waals surface area contributed by atoms with Gasteiger partial charge in [0.05, 0.1) is 24.1 Å². The number of aromatic nitrogens is 2. The predicted molar refractivity (Wildman–Crippen MR) is 144 cm³/mol. The number of aliphatic hydroxyl groups is 1. The van der Waals surface area contributed by atoms with E-state index in [0.717, 1.165) is 24.6 Å². The van der Waals surface area contributed by atoms with E-state index in [1.807, 2.05) is 19.2 Å². The first-order valence-corrected chi connectivity index (χ1v) is 14.2. The van der Waals surface area contributed by atoms with Gasteiger partial charge in [0.1, 0.15) is 11.7 Å². The quantitative estimate of drug-likeness (QED) is 0.341. The zero-order valence-corrected chi connectivity index (χ0v) is 22.1. The molecule has 0 spiro atoms. The fraction of sp³-hybridized carbons (Fsp3) is 0.520. The summed E-state index contributed by atoms with van der Waals surface area (Å²) in [5.41, 5.74) is 12.6. The van der Waals surface area contributed by atoms with E-state index in [9.17, 15) is 8.42 Å². The number of anilines is 1. The molecule has 0 amide bonds. The van der Waals surface area contributed by atoms with Crippen molar-refractivity contribution >= 4 is 38.6 Å². The van der Waals surface area contributed by atoms with Crippen LogP contribution in [0.1, 0.15) is 32.1 Å². The van der Waals surface area contributed by atoms with E-state index in [2.05, 4.69) is 20.9 Å². The lowest BCUT2D eigenvalue weighted by molar-refractivity contribution is 0.0932. The van der Waals surface area contributed by atoms with E-state index in [4.69, 9.17) is 26.8 Å². The summed E-state index contributed by atoms with van der Waals surface area (Å²) in [6.45, 7) is 0.220. The van der Waals surface area contributed by atoms with Gasteiger partial charge in [0.15, 0.2) is 5.82 Å². The molecule has 3 aliphatic rings. The second-order valence-corrected chi connectivity index (χ2v) is 12.1. The van der Waals surface area contributed by atoms with E-state index >= 15 is 0 Å². The lowest BCUT2D eigenvalue weighted by Gasteiger charge is -2.52. The molecule has 5 rings (SSSR count). The normalized spacial score (nSPS) is 25.7. The Labute approximate surface area is 222 Å². The highest BCUT2D eigenvalue weighted by Gasteiger charge is 2.49. The smallest absolute Gasteiger partial charge is 0.282 e. The number of hydrogen-bond acceptors (Lipinski definition) is 9. The molecule has 2 bridgehead atoms. The zero-order valence-electron chi connectivity index (χ0n) is 21.3. The van der Waals surface area contributed by atoms with Gasteiger partial charge in [0, 0.05) is 67.7 Å². The van der Waals surface area contributed by atoms with Crippen molar-refractivity contribution in [1.29, 1.82) is 5.26 Å². The Bertz CT molecular complexity index is 1400. The largest absolute Gasteiger partial charge is 0.400 e. The molecular weight excluding hydrogens is 506 g/mol. The molecule has 202 valence electrons. The number of piperidine rings is 2. The van der Waals surface area contributed by atoms with Crippen molar-refractivity contribution in [2.75, 3.05) is 31.6 Å². The van der Waals surface area contributed by atoms with Gasteiger partial charge in [0.2, 0.25) is 0 Å². The molecule has 0 aromatic carbocycles. The number of nitrogens with zero attached hydrogens (tertiary/aromatic N) is 7. The monoisotopic (exact) mass is 539 g/mol. The number of hydrogen-bond donors (Lipinski definition) is 3. The first-order chi connectivity index (χ1) is 18.2. The van der Waals surface area contributed by atoms with Crippen LogP contribution in [-0.4, -0.2) is 82.8 Å². The van der Waals surface area contributed by atoms with Crippen LogP contribution in [0.3, 0.4) is 0 Å². The maximum atomic E-state index is 13.5. The Morgan fingerprint density at radius 1 is 1.32 bits per heavy atom. The van der Waals surface area contributed by atoms with Crippen molar-refractivity contribution < 1.29 is 13.5 Å². The highest BCUT2D eigenvalue weighted by Crippen LogP contribution is 2.41.